The van der Waals surface area contributed by atoms with Crippen molar-refractivity contribution in [3.8, 4) is 11.6 Å². The van der Waals surface area contributed by atoms with Gasteiger partial charge >= 0.3 is 5.88 Å². The van der Waals surface area contributed by atoms with E-state index in [0.717, 1.165) is 6.07 Å². The third-order valence-electron chi connectivity index (χ3n) is 4.77. The minimum absolute atomic E-state index is 0.0148. The second-order valence-corrected chi connectivity index (χ2v) is 6.99. The van der Waals surface area contributed by atoms with Crippen LogP contribution < -0.4 is 0 Å². The fraction of sp³-hybridized carbons (Fsp3) is 0.353. The zero-order valence-electron chi connectivity index (χ0n) is 14.6. The highest BCUT2D eigenvalue weighted by Gasteiger charge is 2.45. The highest BCUT2D eigenvalue weighted by atomic mass is 35.5. The van der Waals surface area contributed by atoms with Crippen LogP contribution in [-0.2, 0) is 4.74 Å². The van der Waals surface area contributed by atoms with E-state index >= 15 is 0 Å². The van der Waals surface area contributed by atoms with Gasteiger partial charge in [-0.3, -0.25) is 14.7 Å². The number of nitro groups is 1. The third-order valence-corrected chi connectivity index (χ3v) is 5.00. The zero-order valence-corrected chi connectivity index (χ0v) is 15.4. The second-order valence-electron chi connectivity index (χ2n) is 6.55. The number of fused-ring (bicyclic) bond motifs is 1. The van der Waals surface area contributed by atoms with Crippen molar-refractivity contribution >= 4 is 28.5 Å². The minimum Gasteiger partial charge on any atom is -0.397 e. The van der Waals surface area contributed by atoms with Gasteiger partial charge in [0.25, 0.3) is 0 Å². The van der Waals surface area contributed by atoms with E-state index in [-0.39, 0.29) is 11.6 Å². The lowest BCUT2D eigenvalue weighted by molar-refractivity contribution is -0.401. The Hall–Kier alpha value is -2.54. The van der Waals surface area contributed by atoms with Crippen LogP contribution in [0.25, 0.3) is 22.6 Å². The van der Waals surface area contributed by atoms with Crippen molar-refractivity contribution in [2.24, 2.45) is 0 Å². The van der Waals surface area contributed by atoms with Crippen LogP contribution in [-0.4, -0.2) is 65.9 Å². The topological polar surface area (TPSA) is 164 Å². The Morgan fingerprint density at radius 2 is 1.93 bits per heavy atom. The molecule has 1 saturated heterocycles. The molecule has 0 spiro atoms. The molecule has 11 nitrogen and oxygen atoms in total. The number of hydrogen-bond acceptors (Lipinski definition) is 9. The largest absolute Gasteiger partial charge is 0.433 e. The van der Waals surface area contributed by atoms with Gasteiger partial charge in [0.05, 0.1) is 23.7 Å². The molecule has 1 aliphatic rings. The first kappa shape index (κ1) is 19.8. The third kappa shape index (κ3) is 3.27. The molecule has 0 saturated carbocycles. The molecule has 1 aromatic carbocycles. The normalized spacial score (nSPS) is 27.4. The lowest BCUT2D eigenvalue weighted by Crippen LogP contribution is -2.56. The average molecular weight is 426 g/mol. The zero-order chi connectivity index (χ0) is 20.9. The molecule has 12 heteroatoms. The number of furan rings is 1. The average Bonchev–Trinajstić information content (AvgIpc) is 3.31. The molecule has 4 N–H and O–H groups in total. The van der Waals surface area contributed by atoms with E-state index in [4.69, 9.17) is 20.8 Å². The number of nitrogens with zero attached hydrogens (tertiary/aromatic N) is 3. The molecule has 0 unspecified atom stereocenters. The Kier molecular flexibility index (Phi) is 5.02. The highest BCUT2D eigenvalue weighted by Crippen LogP contribution is 2.37. The predicted molar refractivity (Wildman–Crippen MR) is 98.1 cm³/mol. The quantitative estimate of drug-likeness (QED) is 0.350. The molecular formula is C17H16ClN3O8. The summed E-state index contributed by atoms with van der Waals surface area (Å²) in [6.07, 6.45) is -7.18. The number of ether oxygens (including phenoxy) is 1. The number of hydrogen-bond donors (Lipinski definition) is 4. The van der Waals surface area contributed by atoms with Gasteiger partial charge in [-0.15, -0.1) is 0 Å². The van der Waals surface area contributed by atoms with Crippen LogP contribution in [0, 0.1) is 10.1 Å². The van der Waals surface area contributed by atoms with Crippen LogP contribution >= 0.6 is 11.6 Å². The van der Waals surface area contributed by atoms with Crippen LogP contribution in [0.4, 0.5) is 5.88 Å². The SMILES string of the molecule is O=[N+]([O-])c1ccc(-c2nc3cc(Cl)ccc3n2[C@H]2O[C@H](CO)[C@@H](O)[C@H](O)[C@H]2O)o1. The molecule has 4 rings (SSSR count). The molecule has 3 heterocycles. The molecule has 2 aromatic heterocycles. The smallest absolute Gasteiger partial charge is 0.397 e. The van der Waals surface area contributed by atoms with E-state index in [1.807, 2.05) is 0 Å². The summed E-state index contributed by atoms with van der Waals surface area (Å²) in [5, 5.41) is 51.6. The fourth-order valence-electron chi connectivity index (χ4n) is 3.34. The van der Waals surface area contributed by atoms with Crippen molar-refractivity contribution in [1.82, 2.24) is 9.55 Å². The van der Waals surface area contributed by atoms with E-state index in [0.29, 0.717) is 16.1 Å². The summed E-state index contributed by atoms with van der Waals surface area (Å²) in [5.41, 5.74) is 0.802. The Morgan fingerprint density at radius 1 is 1.17 bits per heavy atom. The van der Waals surface area contributed by atoms with Crippen LogP contribution in [0.2, 0.25) is 5.02 Å². The first-order chi connectivity index (χ1) is 13.8. The number of imidazole rings is 1. The number of rotatable bonds is 4. The maximum Gasteiger partial charge on any atom is 0.433 e. The first-order valence-electron chi connectivity index (χ1n) is 8.54. The van der Waals surface area contributed by atoms with E-state index in [9.17, 15) is 30.5 Å². The number of aliphatic hydroxyl groups excluding tert-OH is 4. The van der Waals surface area contributed by atoms with Gasteiger partial charge in [-0.1, -0.05) is 11.6 Å². The summed E-state index contributed by atoms with van der Waals surface area (Å²) in [6.45, 7) is -0.610. The molecule has 154 valence electrons. The van der Waals surface area contributed by atoms with Crippen LogP contribution in [0.15, 0.2) is 34.7 Å². The maximum absolute atomic E-state index is 11.0. The van der Waals surface area contributed by atoms with E-state index in [1.54, 1.807) is 12.1 Å². The fourth-order valence-corrected chi connectivity index (χ4v) is 3.51. The molecule has 0 radical (unpaired) electrons. The summed E-state index contributed by atoms with van der Waals surface area (Å²) in [4.78, 5) is 14.7. The van der Waals surface area contributed by atoms with E-state index < -0.39 is 48.1 Å². The van der Waals surface area contributed by atoms with Crippen molar-refractivity contribution in [3.05, 3.63) is 45.5 Å². The molecule has 1 fully saturated rings. The van der Waals surface area contributed by atoms with Gasteiger partial charge in [-0.25, -0.2) is 4.98 Å². The molecule has 29 heavy (non-hydrogen) atoms. The summed E-state index contributed by atoms with van der Waals surface area (Å²) >= 11 is 6.03. The molecule has 3 aromatic rings. The molecule has 0 bridgehead atoms. The first-order valence-corrected chi connectivity index (χ1v) is 8.92. The van der Waals surface area contributed by atoms with Gasteiger partial charge in [0.2, 0.25) is 0 Å². The van der Waals surface area contributed by atoms with Crippen LogP contribution in [0.5, 0.6) is 0 Å². The Balaban J connectivity index is 1.90. The Morgan fingerprint density at radius 3 is 2.59 bits per heavy atom. The minimum atomic E-state index is -1.62. The Bertz CT molecular complexity index is 1060. The lowest BCUT2D eigenvalue weighted by Gasteiger charge is -2.40. The summed E-state index contributed by atoms with van der Waals surface area (Å²) in [7, 11) is 0. The Labute approximate surface area is 167 Å². The summed E-state index contributed by atoms with van der Waals surface area (Å²) < 4.78 is 12.3. The molecular weight excluding hydrogens is 410 g/mol. The molecule has 0 aliphatic carbocycles. The van der Waals surface area contributed by atoms with Gasteiger partial charge in [-0.2, -0.15) is 0 Å². The van der Waals surface area contributed by atoms with Crippen molar-refractivity contribution in [2.75, 3.05) is 6.61 Å². The van der Waals surface area contributed by atoms with Gasteiger partial charge in [-0.05, 0) is 24.3 Å². The van der Waals surface area contributed by atoms with Crippen molar-refractivity contribution < 1.29 is 34.5 Å². The van der Waals surface area contributed by atoms with Crippen molar-refractivity contribution in [3.63, 3.8) is 0 Å². The van der Waals surface area contributed by atoms with Crippen LogP contribution in [0.3, 0.4) is 0 Å². The monoisotopic (exact) mass is 425 g/mol. The second kappa shape index (κ2) is 7.37. The highest BCUT2D eigenvalue weighted by molar-refractivity contribution is 6.31. The van der Waals surface area contributed by atoms with Crippen molar-refractivity contribution in [1.29, 1.82) is 0 Å². The predicted octanol–water partition coefficient (Wildman–Crippen LogP) is 0.830. The van der Waals surface area contributed by atoms with Gasteiger partial charge in [0.1, 0.15) is 29.3 Å². The van der Waals surface area contributed by atoms with Crippen molar-refractivity contribution in [2.45, 2.75) is 30.6 Å². The van der Waals surface area contributed by atoms with E-state index in [1.165, 1.54) is 16.7 Å². The molecule has 5 atom stereocenters. The maximum atomic E-state index is 11.0. The van der Waals surface area contributed by atoms with Gasteiger partial charge < -0.3 is 29.6 Å². The number of halogens is 1. The van der Waals surface area contributed by atoms with Crippen LogP contribution in [0.1, 0.15) is 6.23 Å². The molecule has 1 aliphatic heterocycles. The van der Waals surface area contributed by atoms with Gasteiger partial charge in [0.15, 0.2) is 17.8 Å². The number of aromatic nitrogens is 2. The van der Waals surface area contributed by atoms with E-state index in [2.05, 4.69) is 4.98 Å². The number of benzene rings is 1. The lowest BCUT2D eigenvalue weighted by atomic mass is 9.98. The number of aliphatic hydroxyl groups is 4. The standard InChI is InChI=1S/C17H16ClN3O8/c18-7-1-2-9-8(5-7)19-16(10-3-4-12(28-10)21(26)27)20(9)17-15(25)14(24)13(23)11(6-22)29-17/h1-5,11,13-15,17,22-25H,6H2/t11-,13-,14+,15-,17+/m1/s1. The summed E-state index contributed by atoms with van der Waals surface area (Å²) in [5.74, 6) is -0.425. The van der Waals surface area contributed by atoms with Gasteiger partial charge in [0, 0.05) is 5.02 Å². The molecule has 0 amide bonds. The summed E-state index contributed by atoms with van der Waals surface area (Å²) in [6, 6.07) is 7.19.